The van der Waals surface area contributed by atoms with E-state index in [9.17, 15) is 4.79 Å². The van der Waals surface area contributed by atoms with Crippen molar-refractivity contribution in [3.63, 3.8) is 0 Å². The molecule has 3 nitrogen and oxygen atoms in total. The van der Waals surface area contributed by atoms with Crippen LogP contribution < -0.4 is 5.73 Å². The molecule has 1 aliphatic heterocycles. The first kappa shape index (κ1) is 6.48. The van der Waals surface area contributed by atoms with Gasteiger partial charge in [0.1, 0.15) is 5.25 Å². The van der Waals surface area contributed by atoms with E-state index in [1.807, 2.05) is 0 Å². The van der Waals surface area contributed by atoms with Crippen LogP contribution in [0.2, 0.25) is 0 Å². The van der Waals surface area contributed by atoms with Crippen molar-refractivity contribution < 1.29 is 9.90 Å². The predicted octanol–water partition coefficient (Wildman–Crippen LogP) is 0.377. The van der Waals surface area contributed by atoms with Crippen molar-refractivity contribution in [2.24, 2.45) is 5.73 Å². The number of carbonyl (C=O) groups is 1. The number of thioether (sulfide) groups is 1. The van der Waals surface area contributed by atoms with E-state index in [0.717, 1.165) is 0 Å². The van der Waals surface area contributed by atoms with E-state index < -0.39 is 5.97 Å². The quantitative estimate of drug-likeness (QED) is 0.559. The number of nitrogens with two attached hydrogens (primary N) is 1. The van der Waals surface area contributed by atoms with Gasteiger partial charge in [0, 0.05) is 12.1 Å². The van der Waals surface area contributed by atoms with Gasteiger partial charge in [-0.15, -0.1) is 11.8 Å². The molecule has 0 aromatic heterocycles. The van der Waals surface area contributed by atoms with Gasteiger partial charge in [-0.3, -0.25) is 4.79 Å². The normalized spacial score (nSPS) is 25.8. The SMILES string of the molecule is NC1=CS[C@H](C(=O)O)C1. The minimum atomic E-state index is -0.781. The van der Waals surface area contributed by atoms with Crippen LogP contribution in [0, 0.1) is 0 Å². The monoisotopic (exact) mass is 145 g/mol. The highest BCUT2D eigenvalue weighted by molar-refractivity contribution is 8.03. The van der Waals surface area contributed by atoms with Crippen LogP contribution in [0.25, 0.3) is 0 Å². The Hall–Kier alpha value is -0.640. The zero-order valence-corrected chi connectivity index (χ0v) is 5.52. The van der Waals surface area contributed by atoms with Crippen LogP contribution in [0.1, 0.15) is 6.42 Å². The van der Waals surface area contributed by atoms with Crippen molar-refractivity contribution in [2.45, 2.75) is 11.7 Å². The lowest BCUT2D eigenvalue weighted by molar-refractivity contribution is -0.136. The average Bonchev–Trinajstić information content (AvgIpc) is 2.14. The predicted molar refractivity (Wildman–Crippen MR) is 35.9 cm³/mol. The summed E-state index contributed by atoms with van der Waals surface area (Å²) in [6, 6.07) is 0. The first-order valence-corrected chi connectivity index (χ1v) is 3.47. The molecule has 1 heterocycles. The second-order valence-electron chi connectivity index (χ2n) is 1.86. The fraction of sp³-hybridized carbons (Fsp3) is 0.400. The first-order chi connectivity index (χ1) is 4.20. The molecule has 3 N–H and O–H groups in total. The fourth-order valence-electron chi connectivity index (χ4n) is 0.625. The zero-order valence-electron chi connectivity index (χ0n) is 4.70. The van der Waals surface area contributed by atoms with Gasteiger partial charge in [0.15, 0.2) is 0 Å². The van der Waals surface area contributed by atoms with E-state index in [1.54, 1.807) is 5.41 Å². The highest BCUT2D eigenvalue weighted by Gasteiger charge is 2.22. The van der Waals surface area contributed by atoms with Gasteiger partial charge in [-0.25, -0.2) is 0 Å². The minimum absolute atomic E-state index is 0.343. The molecule has 0 aromatic rings. The molecule has 0 saturated heterocycles. The lowest BCUT2D eigenvalue weighted by atomic mass is 10.3. The Morgan fingerprint density at radius 1 is 2.00 bits per heavy atom. The maximum atomic E-state index is 10.2. The number of rotatable bonds is 1. The standard InChI is InChI=1S/C5H7NO2S/c6-3-1-4(5(7)8)9-2-3/h2,4H,1,6H2,(H,7,8)/t4-/m0/s1. The molecule has 1 rings (SSSR count). The van der Waals surface area contributed by atoms with Gasteiger partial charge < -0.3 is 10.8 Å². The van der Waals surface area contributed by atoms with Crippen molar-refractivity contribution in [1.82, 2.24) is 0 Å². The molecule has 0 amide bonds. The van der Waals surface area contributed by atoms with Crippen molar-refractivity contribution in [3.8, 4) is 0 Å². The summed E-state index contributed by atoms with van der Waals surface area (Å²) in [5.41, 5.74) is 6.01. The van der Waals surface area contributed by atoms with Gasteiger partial charge in [0.25, 0.3) is 0 Å². The molecule has 0 bridgehead atoms. The van der Waals surface area contributed by atoms with Crippen molar-refractivity contribution >= 4 is 17.7 Å². The van der Waals surface area contributed by atoms with Crippen molar-refractivity contribution in [1.29, 1.82) is 0 Å². The number of hydrogen-bond acceptors (Lipinski definition) is 3. The summed E-state index contributed by atoms with van der Waals surface area (Å²) in [6.07, 6.45) is 0.486. The van der Waals surface area contributed by atoms with E-state index in [-0.39, 0.29) is 5.25 Å². The molecular formula is C5H7NO2S. The van der Waals surface area contributed by atoms with Crippen LogP contribution in [0.15, 0.2) is 11.1 Å². The van der Waals surface area contributed by atoms with E-state index in [2.05, 4.69) is 0 Å². The second-order valence-corrected chi connectivity index (χ2v) is 2.94. The lowest BCUT2D eigenvalue weighted by Crippen LogP contribution is -2.14. The number of carboxylic acid groups (broad SMARTS) is 1. The summed E-state index contributed by atoms with van der Waals surface area (Å²) < 4.78 is 0. The average molecular weight is 145 g/mol. The Kier molecular flexibility index (Phi) is 1.66. The van der Waals surface area contributed by atoms with Crippen LogP contribution in [0.4, 0.5) is 0 Å². The summed E-state index contributed by atoms with van der Waals surface area (Å²) in [4.78, 5) is 10.2. The van der Waals surface area contributed by atoms with E-state index >= 15 is 0 Å². The number of aliphatic carboxylic acids is 1. The fourth-order valence-corrected chi connectivity index (χ4v) is 1.47. The molecule has 1 atom stereocenters. The van der Waals surface area contributed by atoms with Crippen LogP contribution in [-0.4, -0.2) is 16.3 Å². The molecule has 0 fully saturated rings. The van der Waals surface area contributed by atoms with E-state index in [4.69, 9.17) is 10.8 Å². The summed E-state index contributed by atoms with van der Waals surface area (Å²) in [7, 11) is 0. The van der Waals surface area contributed by atoms with Crippen LogP contribution in [-0.2, 0) is 4.79 Å². The molecule has 1 aliphatic rings. The maximum absolute atomic E-state index is 10.2. The van der Waals surface area contributed by atoms with Crippen LogP contribution in [0.5, 0.6) is 0 Å². The Balaban J connectivity index is 2.47. The Morgan fingerprint density at radius 2 is 2.67 bits per heavy atom. The van der Waals surface area contributed by atoms with E-state index in [1.165, 1.54) is 11.8 Å². The van der Waals surface area contributed by atoms with Gasteiger partial charge in [0.2, 0.25) is 0 Å². The topological polar surface area (TPSA) is 63.3 Å². The number of carboxylic acids is 1. The van der Waals surface area contributed by atoms with Gasteiger partial charge in [-0.05, 0) is 5.41 Å². The summed E-state index contributed by atoms with van der Waals surface area (Å²) in [6.45, 7) is 0. The van der Waals surface area contributed by atoms with Gasteiger partial charge in [-0.2, -0.15) is 0 Å². The summed E-state index contributed by atoms with van der Waals surface area (Å²) in [5, 5.41) is 9.77. The molecule has 0 aliphatic carbocycles. The lowest BCUT2D eigenvalue weighted by Gasteiger charge is -1.98. The Morgan fingerprint density at radius 3 is 2.89 bits per heavy atom. The maximum Gasteiger partial charge on any atom is 0.317 e. The Bertz CT molecular complexity index is 166. The molecule has 50 valence electrons. The van der Waals surface area contributed by atoms with Crippen LogP contribution >= 0.6 is 11.8 Å². The highest BCUT2D eigenvalue weighted by atomic mass is 32.2. The molecule has 4 heteroatoms. The largest absolute Gasteiger partial charge is 0.480 e. The van der Waals surface area contributed by atoms with Crippen molar-refractivity contribution in [3.05, 3.63) is 11.1 Å². The molecule has 0 radical (unpaired) electrons. The number of hydrogen-bond donors (Lipinski definition) is 2. The van der Waals surface area contributed by atoms with Crippen LogP contribution in [0.3, 0.4) is 0 Å². The van der Waals surface area contributed by atoms with Gasteiger partial charge >= 0.3 is 5.97 Å². The zero-order chi connectivity index (χ0) is 6.85. The molecule has 0 saturated carbocycles. The number of allylic oxidation sites excluding steroid dienone is 1. The highest BCUT2D eigenvalue weighted by Crippen LogP contribution is 2.26. The van der Waals surface area contributed by atoms with Crippen molar-refractivity contribution in [2.75, 3.05) is 0 Å². The van der Waals surface area contributed by atoms with Gasteiger partial charge in [0.05, 0.1) is 0 Å². The third-order valence-electron chi connectivity index (χ3n) is 1.08. The molecule has 9 heavy (non-hydrogen) atoms. The molecule has 0 aromatic carbocycles. The summed E-state index contributed by atoms with van der Waals surface area (Å²) >= 11 is 1.27. The third kappa shape index (κ3) is 1.38. The third-order valence-corrected chi connectivity index (χ3v) is 2.22. The van der Waals surface area contributed by atoms with E-state index in [0.29, 0.717) is 12.1 Å². The molecule has 0 unspecified atom stereocenters. The molecule has 0 spiro atoms. The minimum Gasteiger partial charge on any atom is -0.480 e. The van der Waals surface area contributed by atoms with Gasteiger partial charge in [-0.1, -0.05) is 0 Å². The summed E-state index contributed by atoms with van der Waals surface area (Å²) in [5.74, 6) is -0.781. The smallest absolute Gasteiger partial charge is 0.317 e. The first-order valence-electron chi connectivity index (χ1n) is 2.53. The molecular weight excluding hydrogens is 138 g/mol. The Labute approximate surface area is 56.9 Å². The second kappa shape index (κ2) is 2.31.